The molecule has 1 N–H and O–H groups in total. The fourth-order valence-electron chi connectivity index (χ4n) is 3.18. The predicted molar refractivity (Wildman–Crippen MR) is 80.0 cm³/mol. The van der Waals surface area contributed by atoms with Gasteiger partial charge in [-0.1, -0.05) is 0 Å². The van der Waals surface area contributed by atoms with Crippen molar-refractivity contribution in [3.8, 4) is 0 Å². The molecule has 2 fully saturated rings. The van der Waals surface area contributed by atoms with E-state index in [1.807, 2.05) is 6.92 Å². The minimum atomic E-state index is -0.725. The quantitative estimate of drug-likeness (QED) is 0.909. The number of nitrogens with one attached hydrogen (secondary N) is 1. The number of anilines is 1. The summed E-state index contributed by atoms with van der Waals surface area (Å²) in [7, 11) is 0. The number of likely N-dealkylation sites (tertiary alicyclic amines) is 1. The van der Waals surface area contributed by atoms with Crippen LogP contribution in [-0.4, -0.2) is 43.0 Å². The van der Waals surface area contributed by atoms with Crippen LogP contribution in [0.5, 0.6) is 0 Å². The Balaban J connectivity index is 1.65. The van der Waals surface area contributed by atoms with Crippen LogP contribution in [0.1, 0.15) is 19.8 Å². The Morgan fingerprint density at radius 3 is 2.57 bits per heavy atom. The lowest BCUT2D eigenvalue weighted by molar-refractivity contribution is -0.189. The van der Waals surface area contributed by atoms with E-state index in [1.54, 1.807) is 4.90 Å². The summed E-state index contributed by atoms with van der Waals surface area (Å²) in [5.41, 5.74) is 0.106. The first-order valence-electron chi connectivity index (χ1n) is 7.76. The average Bonchev–Trinajstić information content (AvgIpc) is 2.94. The number of hydrogen-bond donors (Lipinski definition) is 1. The number of nitrogens with zero attached hydrogens (tertiary/aromatic N) is 1. The van der Waals surface area contributed by atoms with E-state index in [4.69, 9.17) is 9.47 Å². The van der Waals surface area contributed by atoms with Crippen LogP contribution in [-0.2, 0) is 9.47 Å². The fraction of sp³-hybridized carbons (Fsp3) is 0.562. The van der Waals surface area contributed by atoms with Crippen molar-refractivity contribution in [2.24, 2.45) is 5.92 Å². The van der Waals surface area contributed by atoms with Crippen molar-refractivity contribution in [1.29, 1.82) is 0 Å². The van der Waals surface area contributed by atoms with Gasteiger partial charge in [0.05, 0.1) is 13.2 Å². The molecule has 0 spiro atoms. The van der Waals surface area contributed by atoms with Gasteiger partial charge in [0.2, 0.25) is 0 Å². The highest BCUT2D eigenvalue weighted by Gasteiger charge is 2.42. The number of halogens is 2. The van der Waals surface area contributed by atoms with Gasteiger partial charge in [0.25, 0.3) is 0 Å². The van der Waals surface area contributed by atoms with Gasteiger partial charge in [-0.2, -0.15) is 0 Å². The maximum Gasteiger partial charge on any atom is 0.321 e. The van der Waals surface area contributed by atoms with Crippen LogP contribution >= 0.6 is 0 Å². The van der Waals surface area contributed by atoms with Crippen LogP contribution in [0.3, 0.4) is 0 Å². The maximum atomic E-state index is 13.2. The van der Waals surface area contributed by atoms with Gasteiger partial charge in [0, 0.05) is 30.8 Å². The van der Waals surface area contributed by atoms with Crippen molar-refractivity contribution < 1.29 is 23.0 Å². The topological polar surface area (TPSA) is 50.8 Å². The Labute approximate surface area is 133 Å². The summed E-state index contributed by atoms with van der Waals surface area (Å²) in [6.45, 7) is 4.09. The van der Waals surface area contributed by atoms with Gasteiger partial charge in [-0.15, -0.1) is 0 Å². The second-order valence-corrected chi connectivity index (χ2v) is 6.09. The molecule has 0 radical (unpaired) electrons. The second-order valence-electron chi connectivity index (χ2n) is 6.09. The molecule has 2 amide bonds. The van der Waals surface area contributed by atoms with E-state index in [1.165, 1.54) is 0 Å². The van der Waals surface area contributed by atoms with Gasteiger partial charge in [-0.3, -0.25) is 0 Å². The smallest absolute Gasteiger partial charge is 0.321 e. The summed E-state index contributed by atoms with van der Waals surface area (Å²) < 4.78 is 37.8. The molecule has 2 saturated heterocycles. The van der Waals surface area contributed by atoms with Crippen LogP contribution < -0.4 is 5.32 Å². The first kappa shape index (κ1) is 16.1. The molecule has 3 rings (SSSR count). The molecule has 0 saturated carbocycles. The third kappa shape index (κ3) is 3.61. The molecule has 1 atom stereocenters. The largest absolute Gasteiger partial charge is 0.347 e. The van der Waals surface area contributed by atoms with Crippen LogP contribution in [0.2, 0.25) is 0 Å². The zero-order valence-electron chi connectivity index (χ0n) is 13.0. The van der Waals surface area contributed by atoms with E-state index in [9.17, 15) is 13.6 Å². The number of rotatable bonds is 2. The first-order chi connectivity index (χ1) is 11.0. The molecule has 126 valence electrons. The monoisotopic (exact) mass is 326 g/mol. The number of ether oxygens (including phenoxy) is 2. The molecule has 0 unspecified atom stereocenters. The number of hydrogen-bond acceptors (Lipinski definition) is 3. The highest BCUT2D eigenvalue weighted by molar-refractivity contribution is 5.89. The minimum Gasteiger partial charge on any atom is -0.347 e. The average molecular weight is 326 g/mol. The molecule has 2 aliphatic heterocycles. The Bertz CT molecular complexity index is 570. The van der Waals surface area contributed by atoms with Gasteiger partial charge in [0.1, 0.15) is 11.6 Å². The van der Waals surface area contributed by atoms with Gasteiger partial charge in [-0.25, -0.2) is 13.6 Å². The standard InChI is InChI=1S/C16H20F2N2O3/c1-16(22-5-6-23-16)11-3-2-4-20(10-11)15(21)19-14-8-12(17)7-13(18)9-14/h7-9,11H,2-6,10H2,1H3,(H,19,21)/t11-/m1/s1. The number of piperidine rings is 1. The summed E-state index contributed by atoms with van der Waals surface area (Å²) in [6.07, 6.45) is 1.74. The minimum absolute atomic E-state index is 0.0775. The van der Waals surface area contributed by atoms with Gasteiger partial charge in [0.15, 0.2) is 5.79 Å². The Morgan fingerprint density at radius 1 is 1.26 bits per heavy atom. The molecule has 2 heterocycles. The normalized spacial score (nSPS) is 23.8. The summed E-state index contributed by atoms with van der Waals surface area (Å²) in [5.74, 6) is -2.04. The molecule has 0 aliphatic carbocycles. The molecule has 1 aromatic rings. The first-order valence-corrected chi connectivity index (χ1v) is 7.76. The van der Waals surface area contributed by atoms with Gasteiger partial charge in [-0.05, 0) is 31.9 Å². The number of carbonyl (C=O) groups is 1. The fourth-order valence-corrected chi connectivity index (χ4v) is 3.18. The van der Waals surface area contributed by atoms with Crippen molar-refractivity contribution in [3.63, 3.8) is 0 Å². The zero-order chi connectivity index (χ0) is 16.4. The molecular weight excluding hydrogens is 306 g/mol. The van der Waals surface area contributed by atoms with E-state index in [0.29, 0.717) is 26.3 Å². The highest BCUT2D eigenvalue weighted by atomic mass is 19.1. The lowest BCUT2D eigenvalue weighted by Crippen LogP contribution is -2.49. The van der Waals surface area contributed by atoms with E-state index in [2.05, 4.69) is 5.32 Å². The molecule has 23 heavy (non-hydrogen) atoms. The van der Waals surface area contributed by atoms with Crippen LogP contribution in [0.25, 0.3) is 0 Å². The van der Waals surface area contributed by atoms with Crippen molar-refractivity contribution in [2.45, 2.75) is 25.6 Å². The lowest BCUT2D eigenvalue weighted by atomic mass is 9.90. The predicted octanol–water partition coefficient (Wildman–Crippen LogP) is 2.97. The maximum absolute atomic E-state index is 13.2. The number of urea groups is 1. The third-order valence-electron chi connectivity index (χ3n) is 4.42. The number of carbonyl (C=O) groups excluding carboxylic acids is 1. The zero-order valence-corrected chi connectivity index (χ0v) is 13.0. The third-order valence-corrected chi connectivity index (χ3v) is 4.42. The molecule has 0 aromatic heterocycles. The van der Waals surface area contributed by atoms with E-state index in [0.717, 1.165) is 31.0 Å². The van der Waals surface area contributed by atoms with Crippen LogP contribution in [0.4, 0.5) is 19.3 Å². The van der Waals surface area contributed by atoms with Crippen molar-refractivity contribution in [2.75, 3.05) is 31.6 Å². The van der Waals surface area contributed by atoms with Crippen molar-refractivity contribution in [3.05, 3.63) is 29.8 Å². The van der Waals surface area contributed by atoms with Crippen molar-refractivity contribution >= 4 is 11.7 Å². The second kappa shape index (κ2) is 6.41. The van der Waals surface area contributed by atoms with Gasteiger partial charge < -0.3 is 19.7 Å². The Hall–Kier alpha value is -1.73. The Morgan fingerprint density at radius 2 is 1.91 bits per heavy atom. The molecule has 1 aromatic carbocycles. The summed E-state index contributed by atoms with van der Waals surface area (Å²) in [6, 6.07) is 2.57. The highest BCUT2D eigenvalue weighted by Crippen LogP contribution is 2.34. The van der Waals surface area contributed by atoms with E-state index < -0.39 is 17.4 Å². The number of amides is 2. The number of benzene rings is 1. The molecule has 7 heteroatoms. The Kier molecular flexibility index (Phi) is 4.50. The van der Waals surface area contributed by atoms with Crippen LogP contribution in [0, 0.1) is 17.6 Å². The molecule has 5 nitrogen and oxygen atoms in total. The summed E-state index contributed by atoms with van der Waals surface area (Å²) >= 11 is 0. The molecular formula is C16H20F2N2O3. The van der Waals surface area contributed by atoms with E-state index in [-0.39, 0.29) is 17.6 Å². The molecule has 2 aliphatic rings. The van der Waals surface area contributed by atoms with Crippen molar-refractivity contribution in [1.82, 2.24) is 4.90 Å². The molecule has 0 bridgehead atoms. The van der Waals surface area contributed by atoms with Gasteiger partial charge >= 0.3 is 6.03 Å². The SMILES string of the molecule is CC1([C@@H]2CCCN(C(=O)Nc3cc(F)cc(F)c3)C2)OCCO1. The lowest BCUT2D eigenvalue weighted by Gasteiger charge is -2.39. The summed E-state index contributed by atoms with van der Waals surface area (Å²) in [5, 5.41) is 2.54. The van der Waals surface area contributed by atoms with Crippen LogP contribution in [0.15, 0.2) is 18.2 Å². The summed E-state index contributed by atoms with van der Waals surface area (Å²) in [4.78, 5) is 14.0. The van der Waals surface area contributed by atoms with E-state index >= 15 is 0 Å².